The third-order valence-corrected chi connectivity index (χ3v) is 7.78. The van der Waals surface area contributed by atoms with Crippen molar-refractivity contribution in [3.63, 3.8) is 0 Å². The summed E-state index contributed by atoms with van der Waals surface area (Å²) >= 11 is 1.26. The van der Waals surface area contributed by atoms with E-state index in [0.717, 1.165) is 29.3 Å². The third kappa shape index (κ3) is 5.18. The van der Waals surface area contributed by atoms with Gasteiger partial charge in [0.1, 0.15) is 0 Å². The Balaban J connectivity index is 1.59. The van der Waals surface area contributed by atoms with Crippen LogP contribution < -0.4 is 4.72 Å². The number of nitrogens with one attached hydrogen (secondary N) is 1. The maximum atomic E-state index is 13.8. The highest BCUT2D eigenvalue weighted by Crippen LogP contribution is 2.38. The molecule has 1 atom stereocenters. The fourth-order valence-corrected chi connectivity index (χ4v) is 6.03. The predicted molar refractivity (Wildman–Crippen MR) is 119 cm³/mol. The van der Waals surface area contributed by atoms with E-state index in [9.17, 15) is 26.4 Å². The summed E-state index contributed by atoms with van der Waals surface area (Å²) in [5, 5.41) is 10.5. The van der Waals surface area contributed by atoms with Gasteiger partial charge in [0.15, 0.2) is 0 Å². The summed E-state index contributed by atoms with van der Waals surface area (Å²) in [7, 11) is -4.45. The average molecular weight is 494 g/mol. The van der Waals surface area contributed by atoms with Crippen molar-refractivity contribution in [3.8, 4) is 10.4 Å². The Hall–Kier alpha value is -2.95. The molecule has 0 saturated carbocycles. The summed E-state index contributed by atoms with van der Waals surface area (Å²) in [4.78, 5) is 10.5. The Kier molecular flexibility index (Phi) is 6.17. The fourth-order valence-electron chi connectivity index (χ4n) is 3.86. The van der Waals surface area contributed by atoms with Crippen LogP contribution in [0, 0.1) is 0 Å². The number of carboxylic acid groups (broad SMARTS) is 1. The highest BCUT2D eigenvalue weighted by Gasteiger charge is 2.38. The summed E-state index contributed by atoms with van der Waals surface area (Å²) in [5.74, 6) is -1.09. The maximum absolute atomic E-state index is 13.8. The number of hydrogen-bond acceptors (Lipinski definition) is 4. The van der Waals surface area contributed by atoms with Crippen molar-refractivity contribution in [2.24, 2.45) is 0 Å². The van der Waals surface area contributed by atoms with Gasteiger partial charge in [-0.1, -0.05) is 30.3 Å². The highest BCUT2D eigenvalue weighted by molar-refractivity contribution is 7.89. The monoisotopic (exact) mass is 493 g/mol. The van der Waals surface area contributed by atoms with E-state index in [1.807, 2.05) is 0 Å². The minimum atomic E-state index is -4.85. The number of carbonyl (C=O) groups is 1. The Morgan fingerprint density at radius 1 is 1.09 bits per heavy atom. The second-order valence-electron chi connectivity index (χ2n) is 7.61. The van der Waals surface area contributed by atoms with Gasteiger partial charge in [0.05, 0.1) is 10.5 Å². The minimum Gasteiger partial charge on any atom is -0.478 e. The van der Waals surface area contributed by atoms with Gasteiger partial charge in [-0.25, -0.2) is 17.9 Å². The van der Waals surface area contributed by atoms with Crippen LogP contribution in [0.15, 0.2) is 64.9 Å². The molecule has 2 N–H and O–H groups in total. The average Bonchev–Trinajstić information content (AvgIpc) is 3.40. The molecule has 2 aromatic carbocycles. The predicted octanol–water partition coefficient (Wildman–Crippen LogP) is 4.98. The van der Waals surface area contributed by atoms with Crippen LogP contribution in [-0.2, 0) is 33.8 Å². The van der Waals surface area contributed by atoms with E-state index in [1.165, 1.54) is 23.5 Å². The lowest BCUT2D eigenvalue weighted by atomic mass is 10.1. The smallest absolute Gasteiger partial charge is 0.417 e. The van der Waals surface area contributed by atoms with Gasteiger partial charge in [-0.3, -0.25) is 0 Å². The first-order valence-corrected chi connectivity index (χ1v) is 12.2. The van der Waals surface area contributed by atoms with Gasteiger partial charge in [-0.15, -0.1) is 11.3 Å². The summed E-state index contributed by atoms with van der Waals surface area (Å²) in [6.45, 7) is 0. The van der Waals surface area contributed by atoms with E-state index in [4.69, 9.17) is 5.11 Å². The summed E-state index contributed by atoms with van der Waals surface area (Å²) < 4.78 is 69.6. The van der Waals surface area contributed by atoms with E-state index < -0.39 is 38.7 Å². The molecule has 0 bridgehead atoms. The quantitative estimate of drug-likeness (QED) is 0.475. The van der Waals surface area contributed by atoms with Gasteiger partial charge < -0.3 is 5.11 Å². The summed E-state index contributed by atoms with van der Waals surface area (Å²) in [6.07, 6.45) is -1.81. The normalized spacial score (nSPS) is 16.3. The number of rotatable bonds is 6. The lowest BCUT2D eigenvalue weighted by molar-refractivity contribution is -0.139. The Bertz CT molecular complexity index is 1330. The van der Waals surface area contributed by atoms with Crippen LogP contribution in [-0.4, -0.2) is 25.5 Å². The van der Waals surface area contributed by atoms with Gasteiger partial charge in [-0.05, 0) is 64.8 Å². The van der Waals surface area contributed by atoms with Gasteiger partial charge in [0, 0.05) is 17.0 Å². The SMILES string of the molecule is O=C(O)C=Cc1ccc2c(c1)CC(NS(=O)(=O)c1ccc(-c3cccs3)cc1C(F)(F)F)C2. The van der Waals surface area contributed by atoms with E-state index >= 15 is 0 Å². The van der Waals surface area contributed by atoms with Crippen molar-refractivity contribution >= 4 is 33.4 Å². The summed E-state index contributed by atoms with van der Waals surface area (Å²) in [5.41, 5.74) is 1.41. The molecule has 10 heteroatoms. The standard InChI is InChI=1S/C23H18F3NO4S2/c24-23(25,26)19-13-16(20-2-1-9-32-20)6-7-21(19)33(30,31)27-18-11-15-5-3-14(4-8-22(28)29)10-17(15)12-18/h1-10,13,18,27H,11-12H2,(H,28,29). The van der Waals surface area contributed by atoms with Crippen molar-refractivity contribution in [1.82, 2.24) is 4.72 Å². The van der Waals surface area contributed by atoms with Crippen LogP contribution >= 0.6 is 11.3 Å². The van der Waals surface area contributed by atoms with E-state index in [-0.39, 0.29) is 6.42 Å². The zero-order chi connectivity index (χ0) is 23.8. The molecule has 1 unspecified atom stereocenters. The van der Waals surface area contributed by atoms with Crippen molar-refractivity contribution in [3.05, 3.63) is 82.2 Å². The molecule has 1 aromatic heterocycles. The number of halogens is 3. The molecular weight excluding hydrogens is 475 g/mol. The molecule has 4 rings (SSSR count). The maximum Gasteiger partial charge on any atom is 0.417 e. The van der Waals surface area contributed by atoms with Crippen LogP contribution in [0.3, 0.4) is 0 Å². The fraction of sp³-hybridized carbons (Fsp3) is 0.174. The highest BCUT2D eigenvalue weighted by atomic mass is 32.2. The number of sulfonamides is 1. The lowest BCUT2D eigenvalue weighted by Crippen LogP contribution is -2.36. The molecule has 33 heavy (non-hydrogen) atoms. The first-order chi connectivity index (χ1) is 15.5. The third-order valence-electron chi connectivity index (χ3n) is 5.28. The van der Waals surface area contributed by atoms with Gasteiger partial charge in [0.25, 0.3) is 0 Å². The molecule has 0 fully saturated rings. The van der Waals surface area contributed by atoms with Crippen LogP contribution in [0.25, 0.3) is 16.5 Å². The van der Waals surface area contributed by atoms with Gasteiger partial charge in [0.2, 0.25) is 10.0 Å². The van der Waals surface area contributed by atoms with Crippen molar-refractivity contribution < 1.29 is 31.5 Å². The zero-order valence-corrected chi connectivity index (χ0v) is 18.6. The second-order valence-corrected chi connectivity index (χ2v) is 10.2. The summed E-state index contributed by atoms with van der Waals surface area (Å²) in [6, 6.07) is 11.2. The number of alkyl halides is 3. The molecule has 172 valence electrons. The second kappa shape index (κ2) is 8.77. The van der Waals surface area contributed by atoms with Crippen LogP contribution in [0.1, 0.15) is 22.3 Å². The molecule has 5 nitrogen and oxygen atoms in total. The topological polar surface area (TPSA) is 83.5 Å². The van der Waals surface area contributed by atoms with Crippen molar-refractivity contribution in [1.29, 1.82) is 0 Å². The Morgan fingerprint density at radius 2 is 1.85 bits per heavy atom. The van der Waals surface area contributed by atoms with Gasteiger partial charge >= 0.3 is 12.1 Å². The molecule has 1 aliphatic carbocycles. The number of fused-ring (bicyclic) bond motifs is 1. The molecule has 0 aliphatic heterocycles. The Morgan fingerprint density at radius 3 is 2.52 bits per heavy atom. The van der Waals surface area contributed by atoms with Crippen molar-refractivity contribution in [2.75, 3.05) is 0 Å². The van der Waals surface area contributed by atoms with Crippen molar-refractivity contribution in [2.45, 2.75) is 30.0 Å². The number of benzene rings is 2. The number of aliphatic carboxylic acids is 1. The molecule has 3 aromatic rings. The Labute approximate surface area is 192 Å². The first kappa shape index (κ1) is 23.2. The van der Waals surface area contributed by atoms with Gasteiger partial charge in [-0.2, -0.15) is 13.2 Å². The molecule has 1 heterocycles. The molecule has 0 radical (unpaired) electrons. The van der Waals surface area contributed by atoms with Crippen LogP contribution in [0.5, 0.6) is 0 Å². The van der Waals surface area contributed by atoms with E-state index in [2.05, 4.69) is 4.72 Å². The van der Waals surface area contributed by atoms with E-state index in [1.54, 1.807) is 35.7 Å². The minimum absolute atomic E-state index is 0.290. The molecule has 0 spiro atoms. The largest absolute Gasteiger partial charge is 0.478 e. The molecule has 0 amide bonds. The number of thiophene rings is 1. The van der Waals surface area contributed by atoms with Crippen LogP contribution in [0.2, 0.25) is 0 Å². The molecular formula is C23H18F3NO4S2. The zero-order valence-electron chi connectivity index (χ0n) is 17.0. The molecule has 1 aliphatic rings. The number of hydrogen-bond donors (Lipinski definition) is 2. The number of carboxylic acids is 1. The first-order valence-electron chi connectivity index (χ1n) is 9.83. The lowest BCUT2D eigenvalue weighted by Gasteiger charge is -2.17. The van der Waals surface area contributed by atoms with E-state index in [0.29, 0.717) is 22.4 Å². The van der Waals surface area contributed by atoms with Crippen LogP contribution in [0.4, 0.5) is 13.2 Å². The molecule has 0 saturated heterocycles.